The maximum absolute atomic E-state index is 12.8. The van der Waals surface area contributed by atoms with Gasteiger partial charge in [0.25, 0.3) is 5.91 Å². The molecule has 0 aliphatic carbocycles. The van der Waals surface area contributed by atoms with Gasteiger partial charge in [0, 0.05) is 16.2 Å². The number of nitrogens with zero attached hydrogens (tertiary/aromatic N) is 2. The summed E-state index contributed by atoms with van der Waals surface area (Å²) in [6.07, 6.45) is 1.64. The summed E-state index contributed by atoms with van der Waals surface area (Å²) >= 11 is 21.6. The minimum Gasteiger partial charge on any atom is -0.340 e. The Labute approximate surface area is 185 Å². The molecule has 8 heteroatoms. The van der Waals surface area contributed by atoms with Crippen molar-refractivity contribution in [1.82, 2.24) is 10.3 Å². The van der Waals surface area contributed by atoms with Crippen molar-refractivity contribution in [2.45, 2.75) is 6.04 Å². The standard InChI is InChI=1S/C20H11BrCl3N3O/c21-14-4-6-18(26-10-14)19(11-3-5-15(22)17(24)7-11)27-20(28)12-1-2-13(9-25)16(23)8-12/h1-8,10,19H,(H,27,28). The number of benzene rings is 2. The number of nitriles is 1. The number of aromatic nitrogens is 1. The molecule has 4 nitrogen and oxygen atoms in total. The molecular formula is C20H11BrCl3N3O. The van der Waals surface area contributed by atoms with Gasteiger partial charge in [0.05, 0.1) is 32.4 Å². The number of carbonyl (C=O) groups is 1. The van der Waals surface area contributed by atoms with Gasteiger partial charge in [-0.15, -0.1) is 0 Å². The quantitative estimate of drug-likeness (QED) is 0.469. The summed E-state index contributed by atoms with van der Waals surface area (Å²) in [5.74, 6) is -0.368. The summed E-state index contributed by atoms with van der Waals surface area (Å²) in [6, 6.07) is 14.6. The third-order valence-corrected chi connectivity index (χ3v) is 5.47. The molecule has 1 unspecified atom stereocenters. The van der Waals surface area contributed by atoms with E-state index in [1.165, 1.54) is 12.1 Å². The molecule has 1 heterocycles. The van der Waals surface area contributed by atoms with Crippen LogP contribution in [0.1, 0.15) is 33.2 Å². The van der Waals surface area contributed by atoms with E-state index in [1.807, 2.05) is 12.1 Å². The lowest BCUT2D eigenvalue weighted by Crippen LogP contribution is -2.30. The maximum Gasteiger partial charge on any atom is 0.252 e. The van der Waals surface area contributed by atoms with Crippen molar-refractivity contribution >= 4 is 56.6 Å². The van der Waals surface area contributed by atoms with Crippen molar-refractivity contribution in [3.05, 3.63) is 96.7 Å². The van der Waals surface area contributed by atoms with Crippen LogP contribution in [0.5, 0.6) is 0 Å². The fourth-order valence-electron chi connectivity index (χ4n) is 2.54. The van der Waals surface area contributed by atoms with Gasteiger partial charge in [0.1, 0.15) is 6.07 Å². The predicted octanol–water partition coefficient (Wildman–Crippen LogP) is 6.20. The molecule has 0 aliphatic heterocycles. The van der Waals surface area contributed by atoms with Crippen LogP contribution >= 0.6 is 50.7 Å². The van der Waals surface area contributed by atoms with Gasteiger partial charge >= 0.3 is 0 Å². The third-order valence-electron chi connectivity index (χ3n) is 3.95. The lowest BCUT2D eigenvalue weighted by atomic mass is 10.0. The Kier molecular flexibility index (Phi) is 6.58. The van der Waals surface area contributed by atoms with Crippen LogP contribution in [0.15, 0.2) is 59.2 Å². The fourth-order valence-corrected chi connectivity index (χ4v) is 3.30. The lowest BCUT2D eigenvalue weighted by molar-refractivity contribution is 0.0942. The van der Waals surface area contributed by atoms with E-state index in [2.05, 4.69) is 26.2 Å². The summed E-state index contributed by atoms with van der Waals surface area (Å²) in [7, 11) is 0. The van der Waals surface area contributed by atoms with E-state index < -0.39 is 6.04 Å². The monoisotopic (exact) mass is 493 g/mol. The van der Waals surface area contributed by atoms with Crippen molar-refractivity contribution in [3.63, 3.8) is 0 Å². The molecular weight excluding hydrogens is 485 g/mol. The molecule has 0 aliphatic rings. The first kappa shape index (κ1) is 20.6. The van der Waals surface area contributed by atoms with E-state index in [4.69, 9.17) is 40.1 Å². The van der Waals surface area contributed by atoms with E-state index in [0.717, 1.165) is 10.0 Å². The number of hydrogen-bond acceptors (Lipinski definition) is 3. The minimum absolute atomic E-state index is 0.211. The second-order valence-electron chi connectivity index (χ2n) is 5.79. The zero-order chi connectivity index (χ0) is 20.3. The largest absolute Gasteiger partial charge is 0.340 e. The van der Waals surface area contributed by atoms with Crippen LogP contribution in [-0.4, -0.2) is 10.9 Å². The van der Waals surface area contributed by atoms with Gasteiger partial charge in [-0.05, 0) is 64.0 Å². The van der Waals surface area contributed by atoms with Crippen molar-refractivity contribution in [3.8, 4) is 6.07 Å². The normalized spacial score (nSPS) is 11.5. The Morgan fingerprint density at radius 1 is 1.04 bits per heavy atom. The van der Waals surface area contributed by atoms with Crippen LogP contribution < -0.4 is 5.32 Å². The van der Waals surface area contributed by atoms with E-state index in [1.54, 1.807) is 36.5 Å². The van der Waals surface area contributed by atoms with E-state index in [-0.39, 0.29) is 10.9 Å². The van der Waals surface area contributed by atoms with Crippen LogP contribution in [0, 0.1) is 11.3 Å². The Bertz CT molecular complexity index is 1080. The fraction of sp³-hybridized carbons (Fsp3) is 0.0500. The first-order valence-corrected chi connectivity index (χ1v) is 9.88. The van der Waals surface area contributed by atoms with Crippen LogP contribution in [0.2, 0.25) is 15.1 Å². The lowest BCUT2D eigenvalue weighted by Gasteiger charge is -2.20. The zero-order valence-electron chi connectivity index (χ0n) is 14.1. The van der Waals surface area contributed by atoms with Gasteiger partial charge in [-0.25, -0.2) is 0 Å². The molecule has 1 amide bonds. The van der Waals surface area contributed by atoms with Crippen molar-refractivity contribution in [2.75, 3.05) is 0 Å². The van der Waals surface area contributed by atoms with E-state index in [9.17, 15) is 4.79 Å². The van der Waals surface area contributed by atoms with Gasteiger partial charge in [-0.2, -0.15) is 5.26 Å². The predicted molar refractivity (Wildman–Crippen MR) is 114 cm³/mol. The average Bonchev–Trinajstić information content (AvgIpc) is 2.69. The van der Waals surface area contributed by atoms with E-state index >= 15 is 0 Å². The highest BCUT2D eigenvalue weighted by Crippen LogP contribution is 2.29. The topological polar surface area (TPSA) is 65.8 Å². The van der Waals surface area contributed by atoms with Crippen LogP contribution in [0.3, 0.4) is 0 Å². The molecule has 0 radical (unpaired) electrons. The third kappa shape index (κ3) is 4.65. The SMILES string of the molecule is N#Cc1ccc(C(=O)NC(c2ccc(Cl)c(Cl)c2)c2ccc(Br)cn2)cc1Cl. The van der Waals surface area contributed by atoms with Crippen molar-refractivity contribution < 1.29 is 4.79 Å². The smallest absolute Gasteiger partial charge is 0.252 e. The van der Waals surface area contributed by atoms with Gasteiger partial charge in [0.15, 0.2) is 0 Å². The Morgan fingerprint density at radius 2 is 1.82 bits per heavy atom. The molecule has 1 aromatic heterocycles. The highest BCUT2D eigenvalue weighted by atomic mass is 79.9. The summed E-state index contributed by atoms with van der Waals surface area (Å²) in [4.78, 5) is 17.2. The molecule has 0 bridgehead atoms. The Morgan fingerprint density at radius 3 is 2.43 bits per heavy atom. The van der Waals surface area contributed by atoms with Crippen LogP contribution in [0.4, 0.5) is 0 Å². The molecule has 0 saturated carbocycles. The van der Waals surface area contributed by atoms with Crippen molar-refractivity contribution in [2.24, 2.45) is 0 Å². The molecule has 1 N–H and O–H groups in total. The number of nitrogens with one attached hydrogen (secondary N) is 1. The molecule has 140 valence electrons. The number of amides is 1. The number of halogens is 4. The number of pyridine rings is 1. The second-order valence-corrected chi connectivity index (χ2v) is 7.93. The minimum atomic E-state index is -0.565. The zero-order valence-corrected chi connectivity index (χ0v) is 17.9. The molecule has 2 aromatic carbocycles. The molecule has 0 spiro atoms. The molecule has 3 rings (SSSR count). The van der Waals surface area contributed by atoms with Gasteiger partial charge in [-0.1, -0.05) is 40.9 Å². The number of carbonyl (C=O) groups excluding carboxylic acids is 1. The summed E-state index contributed by atoms with van der Waals surface area (Å²) in [6.45, 7) is 0. The summed E-state index contributed by atoms with van der Waals surface area (Å²) < 4.78 is 0.814. The van der Waals surface area contributed by atoms with Gasteiger partial charge < -0.3 is 5.32 Å². The van der Waals surface area contributed by atoms with Crippen LogP contribution in [-0.2, 0) is 0 Å². The van der Waals surface area contributed by atoms with Crippen LogP contribution in [0.25, 0.3) is 0 Å². The first-order valence-electron chi connectivity index (χ1n) is 7.96. The molecule has 1 atom stereocenters. The second kappa shape index (κ2) is 8.93. The summed E-state index contributed by atoms with van der Waals surface area (Å²) in [5, 5.41) is 12.9. The highest BCUT2D eigenvalue weighted by Gasteiger charge is 2.20. The highest BCUT2D eigenvalue weighted by molar-refractivity contribution is 9.10. The molecule has 0 fully saturated rings. The van der Waals surface area contributed by atoms with Crippen molar-refractivity contribution in [1.29, 1.82) is 5.26 Å². The Hall–Kier alpha value is -2.10. The average molecular weight is 496 g/mol. The number of hydrogen-bond donors (Lipinski definition) is 1. The maximum atomic E-state index is 12.8. The molecule has 3 aromatic rings. The molecule has 28 heavy (non-hydrogen) atoms. The summed E-state index contributed by atoms with van der Waals surface area (Å²) in [5.41, 5.74) is 1.96. The van der Waals surface area contributed by atoms with Gasteiger partial charge in [-0.3, -0.25) is 9.78 Å². The molecule has 0 saturated heterocycles. The Balaban J connectivity index is 1.98. The number of rotatable bonds is 4. The van der Waals surface area contributed by atoms with E-state index in [0.29, 0.717) is 26.9 Å². The van der Waals surface area contributed by atoms with Gasteiger partial charge in [0.2, 0.25) is 0 Å². The first-order chi connectivity index (χ1) is 13.4.